The zero-order valence-electron chi connectivity index (χ0n) is 33.5. The highest BCUT2D eigenvalue weighted by molar-refractivity contribution is 5.75. The second-order valence-electron chi connectivity index (χ2n) is 17.6. The summed E-state index contributed by atoms with van der Waals surface area (Å²) >= 11 is 0. The Morgan fingerprint density at radius 2 is 1.47 bits per heavy atom. The molecular formula is C48H57N3O6. The van der Waals surface area contributed by atoms with Crippen LogP contribution in [0.2, 0.25) is 0 Å². The Balaban J connectivity index is 0.881. The first-order chi connectivity index (χ1) is 27.8. The Kier molecular flexibility index (Phi) is 10.8. The third-order valence-corrected chi connectivity index (χ3v) is 13.7. The van der Waals surface area contributed by atoms with Crippen molar-refractivity contribution in [2.75, 3.05) is 27.3 Å². The predicted molar refractivity (Wildman–Crippen MR) is 220 cm³/mol. The summed E-state index contributed by atoms with van der Waals surface area (Å²) in [6.45, 7) is 5.20. The number of aliphatic hydroxyl groups excluding tert-OH is 1. The smallest absolute Gasteiger partial charge is 0.315 e. The van der Waals surface area contributed by atoms with Crippen LogP contribution < -0.4 is 20.1 Å². The fourth-order valence-electron chi connectivity index (χ4n) is 11.1. The van der Waals surface area contributed by atoms with Crippen LogP contribution in [-0.4, -0.2) is 55.0 Å². The molecule has 4 atom stereocenters. The summed E-state index contributed by atoms with van der Waals surface area (Å²) in [4.78, 5) is 15.6. The molecule has 2 aliphatic heterocycles. The van der Waals surface area contributed by atoms with Crippen molar-refractivity contribution in [2.45, 2.75) is 95.6 Å². The average molecular weight is 772 g/mol. The SMILES string of the molecule is COc1cc2c(cc1OC)CN(C[C@@H]1O[C@H](c3ccc(-c4cccc(CNC(=O)NC56CC7CC(CC(C7)C5)C6)c4)cc3)O[C@H](c3ccc(CO)cc3)[C@@H]1C)CC2. The minimum absolute atomic E-state index is 0.000324. The van der Waals surface area contributed by atoms with Crippen LogP contribution >= 0.6 is 0 Å². The van der Waals surface area contributed by atoms with Gasteiger partial charge in [0.2, 0.25) is 0 Å². The summed E-state index contributed by atoms with van der Waals surface area (Å²) in [5.41, 5.74) is 8.73. The van der Waals surface area contributed by atoms with Crippen LogP contribution in [0, 0.1) is 23.7 Å². The number of ether oxygens (including phenoxy) is 4. The van der Waals surface area contributed by atoms with Crippen molar-refractivity contribution in [1.82, 2.24) is 15.5 Å². The van der Waals surface area contributed by atoms with Crippen LogP contribution in [0.3, 0.4) is 0 Å². The number of nitrogens with zero attached hydrogens (tertiary/aromatic N) is 1. The van der Waals surface area contributed by atoms with Crippen LogP contribution in [0.25, 0.3) is 11.1 Å². The third-order valence-electron chi connectivity index (χ3n) is 13.7. The van der Waals surface area contributed by atoms with Crippen LogP contribution in [0.5, 0.6) is 11.5 Å². The number of hydrogen-bond acceptors (Lipinski definition) is 7. The van der Waals surface area contributed by atoms with E-state index >= 15 is 0 Å². The van der Waals surface area contributed by atoms with E-state index in [4.69, 9.17) is 18.9 Å². The van der Waals surface area contributed by atoms with Gasteiger partial charge in [0.15, 0.2) is 17.8 Å². The molecule has 4 aromatic rings. The lowest BCUT2D eigenvalue weighted by Gasteiger charge is -2.56. The molecule has 5 fully saturated rings. The van der Waals surface area contributed by atoms with E-state index in [1.54, 1.807) is 14.2 Å². The average Bonchev–Trinajstić information content (AvgIpc) is 3.22. The van der Waals surface area contributed by atoms with Crippen LogP contribution in [0.15, 0.2) is 84.9 Å². The van der Waals surface area contributed by atoms with Crippen LogP contribution in [0.4, 0.5) is 4.79 Å². The second kappa shape index (κ2) is 16.1. The van der Waals surface area contributed by atoms with Crippen molar-refractivity contribution in [2.24, 2.45) is 23.7 Å². The zero-order chi connectivity index (χ0) is 39.1. The number of amides is 2. The Morgan fingerprint density at radius 3 is 2.14 bits per heavy atom. The van der Waals surface area contributed by atoms with Crippen molar-refractivity contribution >= 4 is 6.03 Å². The Bertz CT molecular complexity index is 2020. The van der Waals surface area contributed by atoms with E-state index in [1.165, 1.54) is 30.4 Å². The number of hydrogen-bond donors (Lipinski definition) is 3. The molecule has 2 heterocycles. The number of carbonyl (C=O) groups excluding carboxylic acids is 1. The van der Waals surface area contributed by atoms with Gasteiger partial charge in [0, 0.05) is 43.2 Å². The fourth-order valence-corrected chi connectivity index (χ4v) is 11.1. The standard InChI is InChI=1S/C48H57N3O6/c1-30-44(28-51-16-15-40-21-42(54-2)43(55-3)22-41(40)27-51)56-46(57-45(30)37-9-7-31(29-52)8-10-37)38-13-11-36(12-14-38)39-6-4-5-32(20-39)26-49-47(53)50-48-23-33-17-34(24-48)19-35(18-33)25-48/h4-14,20-22,30,33-35,44-46,52H,15-19,23-29H2,1-3H3,(H2,49,50,53)/t30-,33?,34?,35?,44+,45+,46+,48?/m1/s1. The molecule has 2 amide bonds. The normalized spacial score (nSPS) is 29.1. The monoisotopic (exact) mass is 771 g/mol. The Labute approximate surface area is 337 Å². The van der Waals surface area contributed by atoms with Gasteiger partial charge < -0.3 is 34.7 Å². The lowest BCUT2D eigenvalue weighted by molar-refractivity contribution is -0.276. The number of carbonyl (C=O) groups is 1. The first-order valence-corrected chi connectivity index (χ1v) is 21.0. The molecule has 0 aromatic heterocycles. The number of benzene rings is 4. The number of nitrogens with one attached hydrogen (secondary N) is 2. The van der Waals surface area contributed by atoms with Crippen molar-refractivity contribution in [1.29, 1.82) is 0 Å². The highest BCUT2D eigenvalue weighted by Gasteiger charge is 2.51. The van der Waals surface area contributed by atoms with Gasteiger partial charge in [-0.15, -0.1) is 0 Å². The van der Waals surface area contributed by atoms with E-state index < -0.39 is 6.29 Å². The molecule has 9 nitrogen and oxygen atoms in total. The highest BCUT2D eigenvalue weighted by atomic mass is 16.7. The maximum absolute atomic E-state index is 13.2. The van der Waals surface area contributed by atoms with E-state index in [9.17, 15) is 9.90 Å². The van der Waals surface area contributed by atoms with E-state index in [2.05, 4.69) is 95.3 Å². The molecule has 4 bridgehead atoms. The molecule has 6 aliphatic rings. The second-order valence-corrected chi connectivity index (χ2v) is 17.6. The maximum Gasteiger partial charge on any atom is 0.315 e. The van der Waals surface area contributed by atoms with Crippen molar-refractivity contribution in [3.8, 4) is 22.6 Å². The summed E-state index contributed by atoms with van der Waals surface area (Å²) in [7, 11) is 3.37. The van der Waals surface area contributed by atoms with Crippen molar-refractivity contribution < 1.29 is 28.8 Å². The number of methoxy groups -OCH3 is 2. The van der Waals surface area contributed by atoms with E-state index in [0.29, 0.717) is 6.54 Å². The highest BCUT2D eigenvalue weighted by Crippen LogP contribution is 2.55. The third kappa shape index (κ3) is 8.04. The minimum atomic E-state index is -0.549. The molecule has 3 N–H and O–H groups in total. The number of aliphatic hydroxyl groups is 1. The first-order valence-electron chi connectivity index (χ1n) is 21.0. The number of urea groups is 1. The van der Waals surface area contributed by atoms with Crippen LogP contribution in [-0.2, 0) is 35.6 Å². The molecule has 0 unspecified atom stereocenters. The molecule has 10 rings (SSSR count). The van der Waals surface area contributed by atoms with Crippen LogP contribution in [0.1, 0.15) is 91.2 Å². The van der Waals surface area contributed by atoms with Gasteiger partial charge in [0.25, 0.3) is 0 Å². The first kappa shape index (κ1) is 38.1. The van der Waals surface area contributed by atoms with Gasteiger partial charge in [0.1, 0.15) is 0 Å². The molecule has 57 heavy (non-hydrogen) atoms. The molecule has 4 aliphatic carbocycles. The van der Waals surface area contributed by atoms with Gasteiger partial charge in [-0.05, 0) is 120 Å². The summed E-state index contributed by atoms with van der Waals surface area (Å²) < 4.78 is 24.9. The predicted octanol–water partition coefficient (Wildman–Crippen LogP) is 8.48. The van der Waals surface area contributed by atoms with E-state index in [-0.39, 0.29) is 36.3 Å². The fraction of sp³-hybridized carbons (Fsp3) is 0.479. The van der Waals surface area contributed by atoms with Crippen molar-refractivity contribution in [3.05, 3.63) is 118 Å². The molecule has 300 valence electrons. The van der Waals surface area contributed by atoms with E-state index in [1.807, 2.05) is 12.1 Å². The molecule has 0 radical (unpaired) electrons. The molecular weight excluding hydrogens is 715 g/mol. The topological polar surface area (TPSA) is 102 Å². The van der Waals surface area contributed by atoms with Gasteiger partial charge in [-0.2, -0.15) is 0 Å². The molecule has 9 heteroatoms. The summed E-state index contributed by atoms with van der Waals surface area (Å²) in [5.74, 6) is 3.98. The molecule has 4 aromatic carbocycles. The van der Waals surface area contributed by atoms with Gasteiger partial charge in [-0.1, -0.05) is 73.7 Å². The van der Waals surface area contributed by atoms with E-state index in [0.717, 1.165) is 108 Å². The summed E-state index contributed by atoms with van der Waals surface area (Å²) in [6, 6.07) is 29.2. The Morgan fingerprint density at radius 1 is 0.807 bits per heavy atom. The molecule has 1 saturated heterocycles. The lowest BCUT2D eigenvalue weighted by atomic mass is 9.53. The van der Waals surface area contributed by atoms with Gasteiger partial charge in [-0.25, -0.2) is 4.79 Å². The largest absolute Gasteiger partial charge is 0.493 e. The molecule has 0 spiro atoms. The summed E-state index contributed by atoms with van der Waals surface area (Å²) in [6.07, 6.45) is 7.62. The summed E-state index contributed by atoms with van der Waals surface area (Å²) in [5, 5.41) is 16.3. The number of rotatable bonds is 11. The Hall–Kier alpha value is -4.41. The quantitative estimate of drug-likeness (QED) is 0.141. The molecule has 4 saturated carbocycles. The minimum Gasteiger partial charge on any atom is -0.493 e. The lowest BCUT2D eigenvalue weighted by Crippen LogP contribution is -2.61. The number of fused-ring (bicyclic) bond motifs is 1. The van der Waals surface area contributed by atoms with Crippen molar-refractivity contribution in [3.63, 3.8) is 0 Å². The zero-order valence-corrected chi connectivity index (χ0v) is 33.5. The van der Waals surface area contributed by atoms with Gasteiger partial charge in [0.05, 0.1) is 33.0 Å². The van der Waals surface area contributed by atoms with Gasteiger partial charge in [-0.3, -0.25) is 4.90 Å². The van der Waals surface area contributed by atoms with Gasteiger partial charge >= 0.3 is 6.03 Å². The maximum atomic E-state index is 13.2.